The molecule has 1 heterocycles. The summed E-state index contributed by atoms with van der Waals surface area (Å²) in [6.07, 6.45) is 0. The first-order valence-electron chi connectivity index (χ1n) is 7.96. The number of halogens is 1. The Hall–Kier alpha value is -2.91. The van der Waals surface area contributed by atoms with Crippen LogP contribution in [-0.2, 0) is 0 Å². The lowest BCUT2D eigenvalue weighted by atomic mass is 10.1. The summed E-state index contributed by atoms with van der Waals surface area (Å²) < 4.78 is 5.99. The third-order valence-corrected chi connectivity index (χ3v) is 4.23. The second-order valence-corrected chi connectivity index (χ2v) is 6.26. The van der Waals surface area contributed by atoms with Gasteiger partial charge in [-0.25, -0.2) is 0 Å². The lowest BCUT2D eigenvalue weighted by Crippen LogP contribution is -1.96. The predicted molar refractivity (Wildman–Crippen MR) is 101 cm³/mol. The first-order chi connectivity index (χ1) is 12.2. The Bertz CT molecular complexity index is 1050. The summed E-state index contributed by atoms with van der Waals surface area (Å²) in [5.41, 5.74) is 2.91. The van der Waals surface area contributed by atoms with Crippen LogP contribution in [0.5, 0.6) is 11.6 Å². The Morgan fingerprint density at radius 2 is 1.56 bits per heavy atom. The van der Waals surface area contributed by atoms with Crippen molar-refractivity contribution in [3.05, 3.63) is 83.4 Å². The van der Waals surface area contributed by atoms with Crippen molar-refractivity contribution >= 4 is 22.4 Å². The molecule has 0 aliphatic rings. The monoisotopic (exact) mass is 346 g/mol. The zero-order valence-electron chi connectivity index (χ0n) is 13.6. The van der Waals surface area contributed by atoms with E-state index in [1.165, 1.54) is 0 Å². The highest BCUT2D eigenvalue weighted by molar-refractivity contribution is 6.30. The minimum absolute atomic E-state index is 0.499. The summed E-state index contributed by atoms with van der Waals surface area (Å²) in [5, 5.41) is 11.3. The van der Waals surface area contributed by atoms with Gasteiger partial charge in [0.1, 0.15) is 11.4 Å². The van der Waals surface area contributed by atoms with Crippen LogP contribution in [0.2, 0.25) is 5.02 Å². The summed E-state index contributed by atoms with van der Waals surface area (Å²) in [6, 6.07) is 23.4. The van der Waals surface area contributed by atoms with E-state index < -0.39 is 0 Å². The van der Waals surface area contributed by atoms with Crippen molar-refractivity contribution in [3.63, 3.8) is 0 Å². The lowest BCUT2D eigenvalue weighted by molar-refractivity contribution is 0.462. The van der Waals surface area contributed by atoms with Crippen molar-refractivity contribution in [2.75, 3.05) is 0 Å². The molecule has 0 amide bonds. The maximum atomic E-state index is 5.99. The fourth-order valence-corrected chi connectivity index (χ4v) is 2.89. The summed E-state index contributed by atoms with van der Waals surface area (Å²) in [7, 11) is 0. The fraction of sp³-hybridized carbons (Fsp3) is 0.0476. The molecule has 4 aromatic rings. The van der Waals surface area contributed by atoms with Gasteiger partial charge >= 0.3 is 0 Å². The lowest BCUT2D eigenvalue weighted by Gasteiger charge is -2.10. The number of ether oxygens (including phenoxy) is 1. The first kappa shape index (κ1) is 15.6. The Morgan fingerprint density at radius 1 is 0.800 bits per heavy atom. The minimum atomic E-state index is 0.499. The van der Waals surface area contributed by atoms with E-state index in [4.69, 9.17) is 16.3 Å². The molecule has 0 aliphatic heterocycles. The zero-order chi connectivity index (χ0) is 17.2. The molecule has 4 rings (SSSR count). The van der Waals surface area contributed by atoms with Gasteiger partial charge in [-0.3, -0.25) is 0 Å². The van der Waals surface area contributed by atoms with E-state index in [1.807, 2.05) is 79.7 Å². The average Bonchev–Trinajstić information content (AvgIpc) is 2.63. The maximum Gasteiger partial charge on any atom is 0.246 e. The second kappa shape index (κ2) is 6.54. The Balaban J connectivity index is 1.83. The molecule has 0 saturated heterocycles. The van der Waals surface area contributed by atoms with Crippen molar-refractivity contribution in [2.45, 2.75) is 6.92 Å². The van der Waals surface area contributed by atoms with E-state index in [0.717, 1.165) is 33.3 Å². The molecule has 122 valence electrons. The van der Waals surface area contributed by atoms with Crippen LogP contribution in [-0.4, -0.2) is 10.2 Å². The topological polar surface area (TPSA) is 35.0 Å². The molecular weight excluding hydrogens is 332 g/mol. The summed E-state index contributed by atoms with van der Waals surface area (Å²) in [6.45, 7) is 2.03. The van der Waals surface area contributed by atoms with Gasteiger partial charge in [0.05, 0.1) is 0 Å². The summed E-state index contributed by atoms with van der Waals surface area (Å²) in [5.74, 6) is 1.25. The van der Waals surface area contributed by atoms with Gasteiger partial charge in [0.25, 0.3) is 0 Å². The molecule has 0 unspecified atom stereocenters. The van der Waals surface area contributed by atoms with E-state index >= 15 is 0 Å². The molecule has 0 atom stereocenters. The van der Waals surface area contributed by atoms with Gasteiger partial charge in [0.15, 0.2) is 0 Å². The molecule has 0 aliphatic carbocycles. The number of benzene rings is 3. The van der Waals surface area contributed by atoms with E-state index in [-0.39, 0.29) is 0 Å². The number of hydrogen-bond donors (Lipinski definition) is 0. The summed E-state index contributed by atoms with van der Waals surface area (Å²) in [4.78, 5) is 0. The normalized spacial score (nSPS) is 10.8. The van der Waals surface area contributed by atoms with E-state index in [1.54, 1.807) is 0 Å². The van der Waals surface area contributed by atoms with Gasteiger partial charge in [-0.15, -0.1) is 10.2 Å². The molecular formula is C21H15ClN2O. The van der Waals surface area contributed by atoms with E-state index in [0.29, 0.717) is 10.9 Å². The van der Waals surface area contributed by atoms with Crippen molar-refractivity contribution in [3.8, 4) is 22.9 Å². The van der Waals surface area contributed by atoms with Crippen LogP contribution in [0.1, 0.15) is 5.56 Å². The third kappa shape index (κ3) is 3.19. The van der Waals surface area contributed by atoms with Crippen molar-refractivity contribution in [2.24, 2.45) is 0 Å². The Labute approximate surface area is 150 Å². The molecule has 0 saturated carbocycles. The molecule has 25 heavy (non-hydrogen) atoms. The van der Waals surface area contributed by atoms with Crippen LogP contribution >= 0.6 is 11.6 Å². The number of nitrogens with zero attached hydrogens (tertiary/aromatic N) is 2. The second-order valence-electron chi connectivity index (χ2n) is 5.82. The van der Waals surface area contributed by atoms with E-state index in [2.05, 4.69) is 10.2 Å². The van der Waals surface area contributed by atoms with Crippen LogP contribution in [0, 0.1) is 6.92 Å². The van der Waals surface area contributed by atoms with Gasteiger partial charge in [0.2, 0.25) is 5.88 Å². The highest BCUT2D eigenvalue weighted by Crippen LogP contribution is 2.33. The molecule has 0 N–H and O–H groups in total. The SMILES string of the molecule is Cc1cccc(Oc2nnc(-c3ccc(Cl)cc3)c3ccccc23)c1. The molecule has 0 fully saturated rings. The largest absolute Gasteiger partial charge is 0.437 e. The van der Waals surface area contributed by atoms with Crippen LogP contribution in [0.25, 0.3) is 22.0 Å². The fourth-order valence-electron chi connectivity index (χ4n) is 2.77. The van der Waals surface area contributed by atoms with Crippen molar-refractivity contribution in [1.82, 2.24) is 10.2 Å². The quantitative estimate of drug-likeness (QED) is 0.453. The van der Waals surface area contributed by atoms with Crippen LogP contribution in [0.15, 0.2) is 72.8 Å². The molecule has 4 heteroatoms. The van der Waals surface area contributed by atoms with Crippen LogP contribution in [0.3, 0.4) is 0 Å². The van der Waals surface area contributed by atoms with Crippen LogP contribution < -0.4 is 4.74 Å². The molecule has 3 aromatic carbocycles. The molecule has 0 spiro atoms. The molecule has 0 bridgehead atoms. The predicted octanol–water partition coefficient (Wildman–Crippen LogP) is 6.05. The number of hydrogen-bond acceptors (Lipinski definition) is 3. The molecule has 0 radical (unpaired) electrons. The smallest absolute Gasteiger partial charge is 0.246 e. The third-order valence-electron chi connectivity index (χ3n) is 3.98. The zero-order valence-corrected chi connectivity index (χ0v) is 14.4. The Morgan fingerprint density at radius 3 is 2.32 bits per heavy atom. The summed E-state index contributed by atoms with van der Waals surface area (Å²) >= 11 is 5.99. The average molecular weight is 347 g/mol. The highest BCUT2D eigenvalue weighted by atomic mass is 35.5. The number of aryl methyl sites for hydroxylation is 1. The van der Waals surface area contributed by atoms with Crippen molar-refractivity contribution in [1.29, 1.82) is 0 Å². The maximum absolute atomic E-state index is 5.99. The minimum Gasteiger partial charge on any atom is -0.437 e. The van der Waals surface area contributed by atoms with Gasteiger partial charge < -0.3 is 4.74 Å². The number of aromatic nitrogens is 2. The van der Waals surface area contributed by atoms with Gasteiger partial charge in [-0.1, -0.05) is 54.1 Å². The molecule has 1 aromatic heterocycles. The van der Waals surface area contributed by atoms with Gasteiger partial charge in [0, 0.05) is 21.4 Å². The number of fused-ring (bicyclic) bond motifs is 1. The van der Waals surface area contributed by atoms with E-state index in [9.17, 15) is 0 Å². The van der Waals surface area contributed by atoms with Crippen LogP contribution in [0.4, 0.5) is 0 Å². The standard InChI is InChI=1S/C21H15ClN2O/c1-14-5-4-6-17(13-14)25-21-19-8-3-2-7-18(19)20(23-24-21)15-9-11-16(22)12-10-15/h2-13H,1H3. The van der Waals surface area contributed by atoms with Gasteiger partial charge in [-0.05, 0) is 42.8 Å². The first-order valence-corrected chi connectivity index (χ1v) is 8.34. The Kier molecular flexibility index (Phi) is 4.08. The van der Waals surface area contributed by atoms with Crippen molar-refractivity contribution < 1.29 is 4.74 Å². The number of rotatable bonds is 3. The van der Waals surface area contributed by atoms with Gasteiger partial charge in [-0.2, -0.15) is 0 Å². The highest BCUT2D eigenvalue weighted by Gasteiger charge is 2.12. The molecule has 3 nitrogen and oxygen atoms in total.